The molecule has 28 heavy (non-hydrogen) atoms. The molecule has 9 heteroatoms. The fourth-order valence-electron chi connectivity index (χ4n) is 3.07. The highest BCUT2D eigenvalue weighted by atomic mass is 16.5. The number of methoxy groups -OCH3 is 1. The fourth-order valence-corrected chi connectivity index (χ4v) is 3.07. The SMILES string of the molecule is COCCNC(=NCc1nnc(C)n1C)NC1CCN(CCOC(C)C)CC1. The van der Waals surface area contributed by atoms with Crippen molar-refractivity contribution >= 4 is 5.96 Å². The molecule has 1 saturated heterocycles. The molecule has 1 aliphatic rings. The summed E-state index contributed by atoms with van der Waals surface area (Å²) in [5, 5.41) is 15.2. The molecule has 2 N–H and O–H groups in total. The molecule has 0 aliphatic carbocycles. The average Bonchev–Trinajstić information content (AvgIpc) is 2.99. The van der Waals surface area contributed by atoms with E-state index in [1.54, 1.807) is 7.11 Å². The molecule has 2 rings (SSSR count). The number of guanidine groups is 1. The number of likely N-dealkylation sites (tertiary alicyclic amines) is 1. The van der Waals surface area contributed by atoms with Crippen molar-refractivity contribution in [3.8, 4) is 0 Å². The second-order valence-electron chi connectivity index (χ2n) is 7.49. The third-order valence-electron chi connectivity index (χ3n) is 4.95. The van der Waals surface area contributed by atoms with Gasteiger partial charge in [-0.25, -0.2) is 4.99 Å². The lowest BCUT2D eigenvalue weighted by Crippen LogP contribution is -2.49. The number of aromatic nitrogens is 3. The van der Waals surface area contributed by atoms with E-state index in [1.807, 2.05) is 18.5 Å². The van der Waals surface area contributed by atoms with E-state index in [-0.39, 0.29) is 0 Å². The largest absolute Gasteiger partial charge is 0.383 e. The van der Waals surface area contributed by atoms with Crippen LogP contribution in [-0.2, 0) is 23.1 Å². The Morgan fingerprint density at radius 2 is 2.00 bits per heavy atom. The maximum absolute atomic E-state index is 5.66. The van der Waals surface area contributed by atoms with Crippen molar-refractivity contribution in [1.82, 2.24) is 30.3 Å². The van der Waals surface area contributed by atoms with Gasteiger partial charge in [-0.15, -0.1) is 10.2 Å². The van der Waals surface area contributed by atoms with Crippen LogP contribution in [0, 0.1) is 6.92 Å². The highest BCUT2D eigenvalue weighted by Gasteiger charge is 2.20. The summed E-state index contributed by atoms with van der Waals surface area (Å²) < 4.78 is 12.8. The van der Waals surface area contributed by atoms with Gasteiger partial charge < -0.3 is 29.6 Å². The molecule has 1 aliphatic heterocycles. The molecular formula is C19H37N7O2. The maximum Gasteiger partial charge on any atom is 0.192 e. The molecule has 0 amide bonds. The highest BCUT2D eigenvalue weighted by molar-refractivity contribution is 5.80. The zero-order valence-electron chi connectivity index (χ0n) is 18.1. The summed E-state index contributed by atoms with van der Waals surface area (Å²) in [4.78, 5) is 7.17. The number of piperidine rings is 1. The van der Waals surface area contributed by atoms with Crippen LogP contribution in [0.4, 0.5) is 0 Å². The summed E-state index contributed by atoms with van der Waals surface area (Å²) >= 11 is 0. The summed E-state index contributed by atoms with van der Waals surface area (Å²) in [5.41, 5.74) is 0. The lowest BCUT2D eigenvalue weighted by molar-refractivity contribution is 0.0532. The molecule has 0 spiro atoms. The molecule has 9 nitrogen and oxygen atoms in total. The second-order valence-corrected chi connectivity index (χ2v) is 7.49. The molecule has 0 aromatic carbocycles. The molecule has 2 heterocycles. The number of hydrogen-bond acceptors (Lipinski definition) is 6. The van der Waals surface area contributed by atoms with E-state index in [1.165, 1.54) is 0 Å². The summed E-state index contributed by atoms with van der Waals surface area (Å²) in [7, 11) is 3.66. The first-order valence-corrected chi connectivity index (χ1v) is 10.2. The van der Waals surface area contributed by atoms with E-state index in [2.05, 4.69) is 39.6 Å². The van der Waals surface area contributed by atoms with Crippen LogP contribution in [0.1, 0.15) is 38.3 Å². The third kappa shape index (κ3) is 7.73. The van der Waals surface area contributed by atoms with Crippen molar-refractivity contribution in [2.24, 2.45) is 12.0 Å². The zero-order chi connectivity index (χ0) is 20.4. The minimum Gasteiger partial charge on any atom is -0.383 e. The third-order valence-corrected chi connectivity index (χ3v) is 4.95. The molecule has 0 unspecified atom stereocenters. The van der Waals surface area contributed by atoms with E-state index >= 15 is 0 Å². The Labute approximate surface area is 168 Å². The Balaban J connectivity index is 1.83. The van der Waals surface area contributed by atoms with Gasteiger partial charge in [-0.05, 0) is 33.6 Å². The number of nitrogens with one attached hydrogen (secondary N) is 2. The molecule has 1 aromatic rings. The summed E-state index contributed by atoms with van der Waals surface area (Å²) in [6.45, 7) is 11.9. The van der Waals surface area contributed by atoms with Gasteiger partial charge in [0.15, 0.2) is 11.8 Å². The maximum atomic E-state index is 5.66. The minimum absolute atomic E-state index is 0.300. The Morgan fingerprint density at radius 1 is 1.25 bits per heavy atom. The number of ether oxygens (including phenoxy) is 2. The van der Waals surface area contributed by atoms with E-state index in [0.29, 0.717) is 31.8 Å². The van der Waals surface area contributed by atoms with Gasteiger partial charge in [-0.1, -0.05) is 0 Å². The van der Waals surface area contributed by atoms with Gasteiger partial charge in [0.2, 0.25) is 0 Å². The van der Waals surface area contributed by atoms with Gasteiger partial charge in [0.1, 0.15) is 12.4 Å². The summed E-state index contributed by atoms with van der Waals surface area (Å²) in [6.07, 6.45) is 2.49. The van der Waals surface area contributed by atoms with Crippen LogP contribution in [0.3, 0.4) is 0 Å². The fraction of sp³-hybridized carbons (Fsp3) is 0.842. The molecule has 1 fully saturated rings. The molecule has 1 aromatic heterocycles. The summed E-state index contributed by atoms with van der Waals surface area (Å²) in [5.74, 6) is 2.55. The van der Waals surface area contributed by atoms with E-state index in [9.17, 15) is 0 Å². The highest BCUT2D eigenvalue weighted by Crippen LogP contribution is 2.10. The zero-order valence-corrected chi connectivity index (χ0v) is 18.1. The number of hydrogen-bond donors (Lipinski definition) is 2. The Bertz CT molecular complexity index is 595. The Hall–Kier alpha value is -1.71. The predicted octanol–water partition coefficient (Wildman–Crippen LogP) is 0.695. The molecule has 0 atom stereocenters. The Morgan fingerprint density at radius 3 is 2.61 bits per heavy atom. The van der Waals surface area contributed by atoms with Crippen molar-refractivity contribution in [3.63, 3.8) is 0 Å². The van der Waals surface area contributed by atoms with Crippen LogP contribution in [0.5, 0.6) is 0 Å². The van der Waals surface area contributed by atoms with Crippen LogP contribution < -0.4 is 10.6 Å². The van der Waals surface area contributed by atoms with Gasteiger partial charge in [-0.3, -0.25) is 0 Å². The lowest BCUT2D eigenvalue weighted by atomic mass is 10.1. The van der Waals surface area contributed by atoms with Crippen LogP contribution >= 0.6 is 0 Å². The van der Waals surface area contributed by atoms with Crippen LogP contribution in [0.2, 0.25) is 0 Å². The normalized spacial score (nSPS) is 16.7. The van der Waals surface area contributed by atoms with E-state index in [4.69, 9.17) is 14.5 Å². The van der Waals surface area contributed by atoms with Crippen LogP contribution in [-0.4, -0.2) is 84.3 Å². The van der Waals surface area contributed by atoms with Gasteiger partial charge in [0.05, 0.1) is 19.3 Å². The first-order valence-electron chi connectivity index (χ1n) is 10.2. The van der Waals surface area contributed by atoms with E-state index < -0.39 is 0 Å². The number of aryl methyl sites for hydroxylation is 1. The van der Waals surface area contributed by atoms with Crippen molar-refractivity contribution in [3.05, 3.63) is 11.6 Å². The number of aliphatic imine (C=N–C) groups is 1. The first-order chi connectivity index (χ1) is 13.5. The monoisotopic (exact) mass is 395 g/mol. The second kappa shape index (κ2) is 12.0. The van der Waals surface area contributed by atoms with Crippen LogP contribution in [0.15, 0.2) is 4.99 Å². The summed E-state index contributed by atoms with van der Waals surface area (Å²) in [6, 6.07) is 0.414. The standard InChI is InChI=1S/C19H37N7O2/c1-15(2)28-13-11-26-9-6-17(7-10-26)22-19(20-8-12-27-5)21-14-18-24-23-16(3)25(18)4/h15,17H,6-14H2,1-5H3,(H2,20,21,22). The van der Waals surface area contributed by atoms with Crippen LogP contribution in [0.25, 0.3) is 0 Å². The Kier molecular flexibility index (Phi) is 9.66. The lowest BCUT2D eigenvalue weighted by Gasteiger charge is -2.33. The topological polar surface area (TPSA) is 88.8 Å². The van der Waals surface area contributed by atoms with Crippen molar-refractivity contribution in [1.29, 1.82) is 0 Å². The molecular weight excluding hydrogens is 358 g/mol. The number of rotatable bonds is 10. The van der Waals surface area contributed by atoms with Gasteiger partial charge in [0, 0.05) is 46.4 Å². The predicted molar refractivity (Wildman–Crippen MR) is 110 cm³/mol. The van der Waals surface area contributed by atoms with Crippen molar-refractivity contribution < 1.29 is 9.47 Å². The molecule has 0 radical (unpaired) electrons. The molecule has 0 saturated carbocycles. The first kappa shape index (κ1) is 22.6. The quantitative estimate of drug-likeness (QED) is 0.342. The van der Waals surface area contributed by atoms with Crippen molar-refractivity contribution in [2.75, 3.05) is 46.5 Å². The van der Waals surface area contributed by atoms with E-state index in [0.717, 1.165) is 56.7 Å². The minimum atomic E-state index is 0.300. The average molecular weight is 396 g/mol. The van der Waals surface area contributed by atoms with Gasteiger partial charge >= 0.3 is 0 Å². The van der Waals surface area contributed by atoms with Gasteiger partial charge in [-0.2, -0.15) is 0 Å². The smallest absolute Gasteiger partial charge is 0.192 e. The molecule has 160 valence electrons. The number of nitrogens with zero attached hydrogens (tertiary/aromatic N) is 5. The molecule has 0 bridgehead atoms. The van der Waals surface area contributed by atoms with Gasteiger partial charge in [0.25, 0.3) is 0 Å². The van der Waals surface area contributed by atoms with Crippen molar-refractivity contribution in [2.45, 2.75) is 52.3 Å².